The molecule has 11 heteroatoms. The van der Waals surface area contributed by atoms with Crippen molar-refractivity contribution in [1.82, 2.24) is 9.78 Å². The molecule has 2 N–H and O–H groups in total. The summed E-state index contributed by atoms with van der Waals surface area (Å²) in [5.41, 5.74) is -0.370. The zero-order valence-electron chi connectivity index (χ0n) is 15.1. The van der Waals surface area contributed by atoms with Crippen LogP contribution in [-0.4, -0.2) is 27.4 Å². The van der Waals surface area contributed by atoms with Crippen molar-refractivity contribution in [3.63, 3.8) is 0 Å². The number of aromatic nitrogens is 2. The molecular weight excluding hydrogens is 446 g/mol. The van der Waals surface area contributed by atoms with E-state index in [4.69, 9.17) is 27.9 Å². The van der Waals surface area contributed by atoms with Crippen LogP contribution in [-0.2, 0) is 17.6 Å². The number of ether oxygens (including phenoxy) is 1. The fourth-order valence-corrected chi connectivity index (χ4v) is 2.95. The summed E-state index contributed by atoms with van der Waals surface area (Å²) in [7, 11) is 0. The third-order valence-corrected chi connectivity index (χ3v) is 4.47. The summed E-state index contributed by atoms with van der Waals surface area (Å²) < 4.78 is 45.5. The maximum Gasteiger partial charge on any atom is 0.435 e. The van der Waals surface area contributed by atoms with Gasteiger partial charge in [-0.25, -0.2) is 0 Å². The number of benzene rings is 2. The Balaban J connectivity index is 1.82. The average Bonchev–Trinajstić information content (AvgIpc) is 3.12. The molecule has 0 atom stereocenters. The zero-order valence-corrected chi connectivity index (χ0v) is 16.6. The molecule has 0 saturated heterocycles. The molecular formula is C19H14Cl2F3N3O3. The number of para-hydroxylation sites is 1. The van der Waals surface area contributed by atoms with Crippen molar-refractivity contribution in [3.05, 3.63) is 69.8 Å². The van der Waals surface area contributed by atoms with E-state index in [1.54, 1.807) is 12.1 Å². The van der Waals surface area contributed by atoms with Gasteiger partial charge >= 0.3 is 6.18 Å². The number of hydrogen-bond acceptors (Lipinski definition) is 4. The van der Waals surface area contributed by atoms with Gasteiger partial charge in [-0.05, 0) is 30.3 Å². The Labute approximate surface area is 178 Å². The van der Waals surface area contributed by atoms with Gasteiger partial charge in [0.1, 0.15) is 0 Å². The van der Waals surface area contributed by atoms with Crippen LogP contribution in [0.1, 0.15) is 11.3 Å². The first kappa shape index (κ1) is 21.9. The Morgan fingerprint density at radius 2 is 1.90 bits per heavy atom. The highest BCUT2D eigenvalue weighted by atomic mass is 35.5. The molecule has 0 spiro atoms. The number of carbonyl (C=O) groups excluding carboxylic acids is 1. The summed E-state index contributed by atoms with van der Waals surface area (Å²) in [5.74, 6) is -0.975. The van der Waals surface area contributed by atoms with E-state index in [0.717, 1.165) is 4.68 Å². The molecule has 3 aromatic rings. The van der Waals surface area contributed by atoms with E-state index in [1.165, 1.54) is 30.3 Å². The van der Waals surface area contributed by atoms with E-state index in [-0.39, 0.29) is 23.2 Å². The minimum absolute atomic E-state index is 0.150. The first-order valence-electron chi connectivity index (χ1n) is 8.43. The Kier molecular flexibility index (Phi) is 6.55. The maximum atomic E-state index is 13.1. The number of carbonyl (C=O) groups is 1. The van der Waals surface area contributed by atoms with Gasteiger partial charge in [-0.1, -0.05) is 35.3 Å². The van der Waals surface area contributed by atoms with Crippen molar-refractivity contribution in [1.29, 1.82) is 0 Å². The Morgan fingerprint density at radius 3 is 2.57 bits per heavy atom. The number of rotatable bonds is 6. The number of aliphatic hydroxyl groups excluding tert-OH is 1. The quantitative estimate of drug-likeness (QED) is 0.559. The zero-order chi connectivity index (χ0) is 21.9. The number of nitrogens with zero attached hydrogens (tertiary/aromatic N) is 2. The lowest BCUT2D eigenvalue weighted by Gasteiger charge is -2.12. The molecule has 0 bridgehead atoms. The minimum atomic E-state index is -4.72. The SMILES string of the molecule is O=C(COc1cc(C(F)(F)F)nn1-c1ccccc1Cl)Nc1ccc(Cl)cc1CO. The highest BCUT2D eigenvalue weighted by Crippen LogP contribution is 2.33. The van der Waals surface area contributed by atoms with Crippen LogP contribution in [0.4, 0.5) is 18.9 Å². The largest absolute Gasteiger partial charge is 0.467 e. The minimum Gasteiger partial charge on any atom is -0.467 e. The summed E-state index contributed by atoms with van der Waals surface area (Å²) >= 11 is 11.9. The second-order valence-electron chi connectivity index (χ2n) is 6.03. The third kappa shape index (κ3) is 5.05. The van der Waals surface area contributed by atoms with Crippen LogP contribution in [0.3, 0.4) is 0 Å². The number of nitrogens with one attached hydrogen (secondary N) is 1. The second kappa shape index (κ2) is 8.95. The third-order valence-electron chi connectivity index (χ3n) is 3.91. The predicted molar refractivity (Wildman–Crippen MR) is 105 cm³/mol. The molecule has 0 aliphatic rings. The topological polar surface area (TPSA) is 76.4 Å². The number of hydrogen-bond donors (Lipinski definition) is 2. The fraction of sp³-hybridized carbons (Fsp3) is 0.158. The summed E-state index contributed by atoms with van der Waals surface area (Å²) in [4.78, 5) is 12.2. The number of anilines is 1. The Morgan fingerprint density at radius 1 is 1.17 bits per heavy atom. The predicted octanol–water partition coefficient (Wildman–Crippen LogP) is 4.71. The van der Waals surface area contributed by atoms with Gasteiger partial charge in [-0.3, -0.25) is 4.79 Å². The molecule has 3 rings (SSSR count). The first-order chi connectivity index (χ1) is 14.2. The van der Waals surface area contributed by atoms with Crippen LogP contribution in [0.25, 0.3) is 5.69 Å². The smallest absolute Gasteiger partial charge is 0.435 e. The molecule has 0 aliphatic heterocycles. The Hall–Kier alpha value is -2.75. The molecule has 1 aromatic heterocycles. The first-order valence-corrected chi connectivity index (χ1v) is 9.18. The van der Waals surface area contributed by atoms with E-state index in [2.05, 4.69) is 10.4 Å². The molecule has 1 amide bonds. The Bertz CT molecular complexity index is 1070. The van der Waals surface area contributed by atoms with E-state index in [9.17, 15) is 23.1 Å². The van der Waals surface area contributed by atoms with E-state index in [1.807, 2.05) is 0 Å². The number of aliphatic hydroxyl groups is 1. The van der Waals surface area contributed by atoms with Crippen molar-refractivity contribution >= 4 is 34.8 Å². The number of halogens is 5. The summed E-state index contributed by atoms with van der Waals surface area (Å²) in [5, 5.41) is 15.9. The molecule has 158 valence electrons. The van der Waals surface area contributed by atoms with Gasteiger partial charge in [0, 0.05) is 22.3 Å². The highest BCUT2D eigenvalue weighted by Gasteiger charge is 2.36. The van der Waals surface area contributed by atoms with Gasteiger partial charge in [-0.2, -0.15) is 23.0 Å². The lowest BCUT2D eigenvalue weighted by molar-refractivity contribution is -0.141. The van der Waals surface area contributed by atoms with Crippen LogP contribution < -0.4 is 10.1 Å². The van der Waals surface area contributed by atoms with Gasteiger partial charge in [0.2, 0.25) is 5.88 Å². The van der Waals surface area contributed by atoms with Crippen molar-refractivity contribution in [2.45, 2.75) is 12.8 Å². The van der Waals surface area contributed by atoms with Crippen molar-refractivity contribution in [2.75, 3.05) is 11.9 Å². The van der Waals surface area contributed by atoms with E-state index < -0.39 is 24.4 Å². The van der Waals surface area contributed by atoms with E-state index in [0.29, 0.717) is 22.3 Å². The molecule has 30 heavy (non-hydrogen) atoms. The summed E-state index contributed by atoms with van der Waals surface area (Å²) in [6.07, 6.45) is -4.72. The number of amides is 1. The highest BCUT2D eigenvalue weighted by molar-refractivity contribution is 6.32. The molecule has 0 unspecified atom stereocenters. The van der Waals surface area contributed by atoms with Crippen LogP contribution in [0.15, 0.2) is 48.5 Å². The van der Waals surface area contributed by atoms with Crippen molar-refractivity contribution < 1.29 is 27.8 Å². The van der Waals surface area contributed by atoms with Crippen LogP contribution in [0.2, 0.25) is 10.0 Å². The maximum absolute atomic E-state index is 13.1. The van der Waals surface area contributed by atoms with Gasteiger partial charge in [-0.15, -0.1) is 0 Å². The van der Waals surface area contributed by atoms with Gasteiger partial charge in [0.05, 0.1) is 17.3 Å². The summed E-state index contributed by atoms with van der Waals surface area (Å²) in [6, 6.07) is 11.3. The lowest BCUT2D eigenvalue weighted by Crippen LogP contribution is -2.21. The molecule has 6 nitrogen and oxygen atoms in total. The lowest BCUT2D eigenvalue weighted by atomic mass is 10.2. The van der Waals surface area contributed by atoms with Gasteiger partial charge in [0.15, 0.2) is 12.3 Å². The van der Waals surface area contributed by atoms with Crippen LogP contribution in [0.5, 0.6) is 5.88 Å². The molecule has 0 aliphatic carbocycles. The van der Waals surface area contributed by atoms with Crippen molar-refractivity contribution in [2.24, 2.45) is 0 Å². The van der Waals surface area contributed by atoms with E-state index >= 15 is 0 Å². The average molecular weight is 460 g/mol. The number of alkyl halides is 3. The summed E-state index contributed by atoms with van der Waals surface area (Å²) in [6.45, 7) is -0.980. The van der Waals surface area contributed by atoms with Gasteiger partial charge < -0.3 is 15.2 Å². The molecule has 0 fully saturated rings. The molecule has 0 radical (unpaired) electrons. The van der Waals surface area contributed by atoms with Crippen LogP contribution >= 0.6 is 23.2 Å². The second-order valence-corrected chi connectivity index (χ2v) is 6.87. The van der Waals surface area contributed by atoms with Crippen LogP contribution in [0, 0.1) is 0 Å². The normalized spacial score (nSPS) is 11.4. The standard InChI is InChI=1S/C19H14Cl2F3N3O3/c20-12-5-6-14(11(7-12)9-28)25-17(29)10-30-18-8-16(19(22,23)24)26-27(18)15-4-2-1-3-13(15)21/h1-8,28H,9-10H2,(H,25,29). The molecule has 0 saturated carbocycles. The molecule has 1 heterocycles. The van der Waals surface area contributed by atoms with Gasteiger partial charge in [0.25, 0.3) is 5.91 Å². The molecule has 2 aromatic carbocycles. The monoisotopic (exact) mass is 459 g/mol. The van der Waals surface area contributed by atoms with Crippen molar-refractivity contribution in [3.8, 4) is 11.6 Å². The fourth-order valence-electron chi connectivity index (χ4n) is 2.54.